The van der Waals surface area contributed by atoms with Crippen molar-refractivity contribution in [2.45, 2.75) is 37.0 Å². The van der Waals surface area contributed by atoms with Crippen molar-refractivity contribution in [1.29, 1.82) is 0 Å². The molecule has 1 amide bonds. The van der Waals surface area contributed by atoms with Crippen molar-refractivity contribution in [3.63, 3.8) is 0 Å². The molecule has 0 N–H and O–H groups in total. The van der Waals surface area contributed by atoms with E-state index in [9.17, 15) is 4.79 Å². The third kappa shape index (κ3) is 5.76. The maximum atomic E-state index is 12.9. The molecule has 1 aliphatic heterocycles. The van der Waals surface area contributed by atoms with Gasteiger partial charge in [-0.25, -0.2) is 0 Å². The van der Waals surface area contributed by atoms with Crippen LogP contribution in [0.4, 0.5) is 0 Å². The van der Waals surface area contributed by atoms with Crippen LogP contribution >= 0.6 is 11.8 Å². The highest BCUT2D eigenvalue weighted by atomic mass is 32.2. The maximum Gasteiger partial charge on any atom is 0.235 e. The van der Waals surface area contributed by atoms with E-state index in [1.165, 1.54) is 11.1 Å². The molecule has 1 heterocycles. The van der Waals surface area contributed by atoms with Crippen LogP contribution in [0.25, 0.3) is 0 Å². The van der Waals surface area contributed by atoms with Gasteiger partial charge in [0.15, 0.2) is 0 Å². The summed E-state index contributed by atoms with van der Waals surface area (Å²) in [5.41, 5.74) is 2.52. The Balaban J connectivity index is 1.51. The molecule has 0 saturated carbocycles. The number of ether oxygens (including phenoxy) is 1. The molecule has 1 unspecified atom stereocenters. The molecule has 1 fully saturated rings. The van der Waals surface area contributed by atoms with Gasteiger partial charge in [0.05, 0.1) is 12.4 Å². The van der Waals surface area contributed by atoms with Crippen molar-refractivity contribution in [2.24, 2.45) is 0 Å². The Morgan fingerprint density at radius 2 is 1.75 bits per heavy atom. The Morgan fingerprint density at radius 3 is 2.43 bits per heavy atom. The van der Waals surface area contributed by atoms with Crippen molar-refractivity contribution in [3.05, 3.63) is 59.7 Å². The van der Waals surface area contributed by atoms with Gasteiger partial charge in [-0.2, -0.15) is 0 Å². The molecule has 3 rings (SSSR count). The van der Waals surface area contributed by atoms with E-state index < -0.39 is 0 Å². The number of thioether (sulfide) groups is 1. The number of methoxy groups -OCH3 is 1. The van der Waals surface area contributed by atoms with Crippen LogP contribution in [-0.4, -0.2) is 54.2 Å². The predicted molar refractivity (Wildman–Crippen MR) is 116 cm³/mol. The van der Waals surface area contributed by atoms with Crippen LogP contribution in [0.5, 0.6) is 5.75 Å². The minimum atomic E-state index is -0.0594. The number of aryl methyl sites for hydroxylation is 1. The highest BCUT2D eigenvalue weighted by molar-refractivity contribution is 8.00. The second-order valence-corrected chi connectivity index (χ2v) is 8.79. The van der Waals surface area contributed by atoms with Crippen LogP contribution in [0.2, 0.25) is 0 Å². The molecule has 5 heteroatoms. The SMILES string of the molecule is COc1ccc(CN2CCCN(C(=O)C(C)Sc3ccc(C)cc3)CC2)cc1. The number of nitrogens with zero attached hydrogens (tertiary/aromatic N) is 2. The van der Waals surface area contributed by atoms with Gasteiger partial charge in [-0.05, 0) is 50.1 Å². The fourth-order valence-electron chi connectivity index (χ4n) is 3.47. The molecule has 28 heavy (non-hydrogen) atoms. The van der Waals surface area contributed by atoms with Crippen molar-refractivity contribution in [2.75, 3.05) is 33.3 Å². The van der Waals surface area contributed by atoms with E-state index in [2.05, 4.69) is 48.2 Å². The van der Waals surface area contributed by atoms with E-state index >= 15 is 0 Å². The lowest BCUT2D eigenvalue weighted by atomic mass is 10.2. The van der Waals surface area contributed by atoms with Crippen LogP contribution in [0, 0.1) is 6.92 Å². The number of hydrogen-bond acceptors (Lipinski definition) is 4. The lowest BCUT2D eigenvalue weighted by molar-refractivity contribution is -0.130. The first kappa shape index (κ1) is 20.7. The van der Waals surface area contributed by atoms with E-state index in [0.29, 0.717) is 0 Å². The lowest BCUT2D eigenvalue weighted by Gasteiger charge is -2.24. The van der Waals surface area contributed by atoms with E-state index in [0.717, 1.165) is 49.8 Å². The Bertz CT molecular complexity index is 761. The Kier molecular flexibility index (Phi) is 7.40. The summed E-state index contributed by atoms with van der Waals surface area (Å²) in [5, 5.41) is -0.0594. The van der Waals surface area contributed by atoms with Crippen LogP contribution in [0.3, 0.4) is 0 Å². The van der Waals surface area contributed by atoms with Gasteiger partial charge in [-0.1, -0.05) is 29.8 Å². The summed E-state index contributed by atoms with van der Waals surface area (Å²) in [7, 11) is 1.69. The number of carbonyl (C=O) groups is 1. The second kappa shape index (κ2) is 9.99. The van der Waals surface area contributed by atoms with Gasteiger partial charge in [-0.15, -0.1) is 11.8 Å². The number of benzene rings is 2. The third-order valence-electron chi connectivity index (χ3n) is 5.15. The number of carbonyl (C=O) groups excluding carboxylic acids is 1. The summed E-state index contributed by atoms with van der Waals surface area (Å²) in [4.78, 5) is 18.6. The topological polar surface area (TPSA) is 32.8 Å². The molecule has 1 atom stereocenters. The number of rotatable bonds is 6. The Labute approximate surface area is 172 Å². The highest BCUT2D eigenvalue weighted by Crippen LogP contribution is 2.25. The van der Waals surface area contributed by atoms with E-state index in [-0.39, 0.29) is 11.2 Å². The Hall–Kier alpha value is -1.98. The van der Waals surface area contributed by atoms with Gasteiger partial charge >= 0.3 is 0 Å². The molecule has 150 valence electrons. The standard InChI is InChI=1S/C23H30N2O2S/c1-18-5-11-22(12-6-18)28-19(2)23(26)25-14-4-13-24(15-16-25)17-20-7-9-21(27-3)10-8-20/h5-12,19H,4,13-17H2,1-3H3. The first-order chi connectivity index (χ1) is 13.5. The molecule has 2 aromatic rings. The van der Waals surface area contributed by atoms with Gasteiger partial charge in [0.25, 0.3) is 0 Å². The van der Waals surface area contributed by atoms with Crippen molar-refractivity contribution in [1.82, 2.24) is 9.80 Å². The molecule has 2 aromatic carbocycles. The summed E-state index contributed by atoms with van der Waals surface area (Å²) in [6, 6.07) is 16.6. The van der Waals surface area contributed by atoms with Crippen molar-refractivity contribution in [3.8, 4) is 5.75 Å². The summed E-state index contributed by atoms with van der Waals surface area (Å²) in [6.07, 6.45) is 1.02. The van der Waals surface area contributed by atoms with Gasteiger partial charge in [0, 0.05) is 37.6 Å². The first-order valence-corrected chi connectivity index (χ1v) is 10.8. The molecular formula is C23H30N2O2S. The van der Waals surface area contributed by atoms with Crippen LogP contribution in [0.15, 0.2) is 53.4 Å². The van der Waals surface area contributed by atoms with Crippen LogP contribution in [-0.2, 0) is 11.3 Å². The van der Waals surface area contributed by atoms with Gasteiger partial charge in [0.2, 0.25) is 5.91 Å². The molecular weight excluding hydrogens is 368 g/mol. The highest BCUT2D eigenvalue weighted by Gasteiger charge is 2.24. The smallest absolute Gasteiger partial charge is 0.235 e. The minimum absolute atomic E-state index is 0.0594. The summed E-state index contributed by atoms with van der Waals surface area (Å²) < 4.78 is 5.23. The molecule has 0 aromatic heterocycles. The van der Waals surface area contributed by atoms with Crippen LogP contribution in [0.1, 0.15) is 24.5 Å². The number of amides is 1. The molecule has 0 radical (unpaired) electrons. The van der Waals surface area contributed by atoms with E-state index in [1.807, 2.05) is 24.0 Å². The van der Waals surface area contributed by atoms with Gasteiger partial charge < -0.3 is 9.64 Å². The first-order valence-electron chi connectivity index (χ1n) is 9.92. The van der Waals surface area contributed by atoms with Crippen molar-refractivity contribution >= 4 is 17.7 Å². The Morgan fingerprint density at radius 1 is 1.04 bits per heavy atom. The lowest BCUT2D eigenvalue weighted by Crippen LogP contribution is -2.39. The summed E-state index contributed by atoms with van der Waals surface area (Å²) in [6.45, 7) is 8.60. The molecule has 0 spiro atoms. The average molecular weight is 399 g/mol. The van der Waals surface area contributed by atoms with E-state index in [4.69, 9.17) is 4.74 Å². The zero-order valence-electron chi connectivity index (χ0n) is 17.1. The molecule has 1 aliphatic rings. The average Bonchev–Trinajstić information content (AvgIpc) is 2.95. The van der Waals surface area contributed by atoms with Crippen molar-refractivity contribution < 1.29 is 9.53 Å². The monoisotopic (exact) mass is 398 g/mol. The normalized spacial score (nSPS) is 16.5. The van der Waals surface area contributed by atoms with Crippen LogP contribution < -0.4 is 4.74 Å². The summed E-state index contributed by atoms with van der Waals surface area (Å²) >= 11 is 1.65. The molecule has 4 nitrogen and oxygen atoms in total. The van der Waals surface area contributed by atoms with Gasteiger partial charge in [-0.3, -0.25) is 9.69 Å². The summed E-state index contributed by atoms with van der Waals surface area (Å²) in [5.74, 6) is 1.13. The fraction of sp³-hybridized carbons (Fsp3) is 0.435. The minimum Gasteiger partial charge on any atom is -0.497 e. The zero-order valence-corrected chi connectivity index (χ0v) is 17.9. The fourth-order valence-corrected chi connectivity index (χ4v) is 4.42. The molecule has 1 saturated heterocycles. The van der Waals surface area contributed by atoms with Gasteiger partial charge in [0.1, 0.15) is 5.75 Å². The number of hydrogen-bond donors (Lipinski definition) is 0. The predicted octanol–water partition coefficient (Wildman–Crippen LogP) is 4.22. The third-order valence-corrected chi connectivity index (χ3v) is 6.25. The van der Waals surface area contributed by atoms with E-state index in [1.54, 1.807) is 18.9 Å². The molecule has 0 aliphatic carbocycles. The quantitative estimate of drug-likeness (QED) is 0.682. The zero-order chi connectivity index (χ0) is 19.9. The second-order valence-electron chi connectivity index (χ2n) is 7.38. The molecule has 0 bridgehead atoms. The largest absolute Gasteiger partial charge is 0.497 e. The maximum absolute atomic E-state index is 12.9.